The highest BCUT2D eigenvalue weighted by atomic mass is 32.1. The number of fused-ring (bicyclic) bond motifs is 3. The van der Waals surface area contributed by atoms with Gasteiger partial charge in [0.15, 0.2) is 5.82 Å². The average molecular weight is 642 g/mol. The maximum absolute atomic E-state index is 16.8. The molecule has 1 fully saturated rings. The smallest absolute Gasteiger partial charge is 0.225 e. The van der Waals surface area contributed by atoms with Gasteiger partial charge in [-0.3, -0.25) is 4.39 Å². The Balaban J connectivity index is 0.000000853. The number of nitriles is 1. The Labute approximate surface area is 269 Å². The summed E-state index contributed by atoms with van der Waals surface area (Å²) in [5, 5.41) is 10.7. The Hall–Kier alpha value is -3.42. The van der Waals surface area contributed by atoms with E-state index < -0.39 is 18.3 Å². The van der Waals surface area contributed by atoms with Gasteiger partial charge in [0.25, 0.3) is 0 Å². The van der Waals surface area contributed by atoms with Gasteiger partial charge in [-0.25, -0.2) is 18.7 Å². The first kappa shape index (κ1) is 36.1. The first-order valence-electron chi connectivity index (χ1n) is 15.9. The molecule has 1 saturated heterocycles. The van der Waals surface area contributed by atoms with Crippen molar-refractivity contribution in [2.24, 2.45) is 11.8 Å². The standard InChI is InChI=1S/C29H30F3N5OS.C4H10.C2H6/c1-5-14(3)22(24-17(8-33)28(34)39-27(24)21(31)6-2)23-20-13-38-12-19(20)18-9-35-29(36-26(18)25(23)32)37-10-15(4)16(7-30)11-37;1-3-4-2;1-2/h6,9,15-16H,5,7,10-13,34H2,1-4H3;3-4H2,1-2H3;1-2H3/b21-6+,22-14+;;. The van der Waals surface area contributed by atoms with E-state index in [0.717, 1.165) is 22.5 Å². The number of thiophene rings is 1. The predicted molar refractivity (Wildman–Crippen MR) is 181 cm³/mol. The molecule has 4 heterocycles. The topological polar surface area (TPSA) is 88.1 Å². The normalized spacial score (nSPS) is 18.1. The Bertz CT molecular complexity index is 1610. The number of ether oxygens (including phenoxy) is 1. The van der Waals surface area contributed by atoms with Crippen LogP contribution in [0.25, 0.3) is 22.3 Å². The number of hydrogen-bond acceptors (Lipinski definition) is 7. The zero-order chi connectivity index (χ0) is 33.4. The van der Waals surface area contributed by atoms with Gasteiger partial charge in [0.1, 0.15) is 22.4 Å². The highest BCUT2D eigenvalue weighted by Crippen LogP contribution is 2.47. The number of nitrogens with zero attached hydrogens (tertiary/aromatic N) is 4. The van der Waals surface area contributed by atoms with Gasteiger partial charge in [-0.2, -0.15) is 5.26 Å². The molecule has 10 heteroatoms. The Kier molecular flexibility index (Phi) is 13.0. The molecule has 0 bridgehead atoms. The molecule has 2 N–H and O–H groups in total. The van der Waals surface area contributed by atoms with Crippen molar-refractivity contribution in [3.8, 4) is 6.07 Å². The van der Waals surface area contributed by atoms with E-state index >= 15 is 8.78 Å². The van der Waals surface area contributed by atoms with Crippen LogP contribution in [0.5, 0.6) is 0 Å². The number of anilines is 2. The summed E-state index contributed by atoms with van der Waals surface area (Å²) in [5.41, 5.74) is 9.55. The minimum atomic E-state index is -0.588. The number of allylic oxidation sites excluding steroid dienone is 2. The highest BCUT2D eigenvalue weighted by molar-refractivity contribution is 7.17. The third-order valence-electron chi connectivity index (χ3n) is 8.41. The summed E-state index contributed by atoms with van der Waals surface area (Å²) in [6.07, 6.45) is 6.08. The number of hydrogen-bond donors (Lipinski definition) is 1. The molecule has 0 saturated carbocycles. The molecular weight excluding hydrogens is 595 g/mol. The second-order valence-electron chi connectivity index (χ2n) is 11.2. The van der Waals surface area contributed by atoms with Crippen LogP contribution in [0, 0.1) is 29.0 Å². The third-order valence-corrected chi connectivity index (χ3v) is 9.44. The van der Waals surface area contributed by atoms with Crippen LogP contribution in [0.1, 0.15) is 107 Å². The summed E-state index contributed by atoms with van der Waals surface area (Å²) in [6, 6.07) is 2.12. The van der Waals surface area contributed by atoms with Crippen LogP contribution >= 0.6 is 11.3 Å². The van der Waals surface area contributed by atoms with Crippen molar-refractivity contribution in [3.63, 3.8) is 0 Å². The van der Waals surface area contributed by atoms with Crippen molar-refractivity contribution in [1.29, 1.82) is 5.26 Å². The van der Waals surface area contributed by atoms with Gasteiger partial charge >= 0.3 is 0 Å². The molecule has 2 atom stereocenters. The number of nitrogens with two attached hydrogens (primary N) is 1. The van der Waals surface area contributed by atoms with Crippen molar-refractivity contribution in [3.05, 3.63) is 56.4 Å². The van der Waals surface area contributed by atoms with Crippen LogP contribution in [0.4, 0.5) is 24.1 Å². The van der Waals surface area contributed by atoms with Gasteiger partial charge in [-0.05, 0) is 42.9 Å². The lowest BCUT2D eigenvalue weighted by molar-refractivity contribution is 0.134. The molecular formula is C35H46F3N5OS. The largest absolute Gasteiger partial charge is 0.389 e. The number of aromatic nitrogens is 2. The van der Waals surface area contributed by atoms with Crippen molar-refractivity contribution >= 4 is 44.6 Å². The fourth-order valence-electron chi connectivity index (χ4n) is 5.54. The van der Waals surface area contributed by atoms with Gasteiger partial charge in [0.05, 0.1) is 30.3 Å². The molecule has 2 unspecified atom stereocenters. The molecule has 244 valence electrons. The fraction of sp³-hybridized carbons (Fsp3) is 0.514. The van der Waals surface area contributed by atoms with Gasteiger partial charge in [-0.1, -0.05) is 66.0 Å². The van der Waals surface area contributed by atoms with Crippen LogP contribution in [0.3, 0.4) is 0 Å². The van der Waals surface area contributed by atoms with Crippen molar-refractivity contribution in [1.82, 2.24) is 9.97 Å². The monoisotopic (exact) mass is 641 g/mol. The molecule has 0 amide bonds. The minimum Gasteiger partial charge on any atom is -0.389 e. The molecule has 1 aromatic carbocycles. The van der Waals surface area contributed by atoms with E-state index in [1.54, 1.807) is 13.1 Å². The Morgan fingerprint density at radius 3 is 2.40 bits per heavy atom. The van der Waals surface area contributed by atoms with Gasteiger partial charge in [-0.15, -0.1) is 11.3 Å². The Morgan fingerprint density at radius 1 is 1.18 bits per heavy atom. The lowest BCUT2D eigenvalue weighted by Crippen LogP contribution is -2.22. The molecule has 45 heavy (non-hydrogen) atoms. The van der Waals surface area contributed by atoms with Crippen LogP contribution < -0.4 is 10.6 Å². The van der Waals surface area contributed by atoms with Crippen LogP contribution in [0.2, 0.25) is 0 Å². The second kappa shape index (κ2) is 16.2. The number of halogens is 3. The van der Waals surface area contributed by atoms with Crippen molar-refractivity contribution in [2.45, 2.75) is 87.9 Å². The molecule has 0 radical (unpaired) electrons. The van der Waals surface area contributed by atoms with Gasteiger partial charge in [0, 0.05) is 41.7 Å². The lowest BCUT2D eigenvalue weighted by Gasteiger charge is -2.21. The number of rotatable bonds is 7. The minimum absolute atomic E-state index is 0.117. The van der Waals surface area contributed by atoms with E-state index in [0.29, 0.717) is 42.0 Å². The SMILES string of the molecule is C/C=C(/F)c1sc(N)c(C#N)c1/C(=C(\C)CC)c1c2c(c3cnc(N4CC(C)C(CF)C4)nc3c1F)COC2.CC.CCCC. The fourth-order valence-corrected chi connectivity index (χ4v) is 6.53. The van der Waals surface area contributed by atoms with E-state index in [2.05, 4.69) is 29.9 Å². The zero-order valence-corrected chi connectivity index (χ0v) is 28.6. The number of alkyl halides is 1. The summed E-state index contributed by atoms with van der Waals surface area (Å²) in [5.74, 6) is -0.791. The van der Waals surface area contributed by atoms with Crippen LogP contribution in [-0.4, -0.2) is 29.7 Å². The highest BCUT2D eigenvalue weighted by Gasteiger charge is 2.34. The first-order chi connectivity index (χ1) is 21.7. The summed E-state index contributed by atoms with van der Waals surface area (Å²) in [4.78, 5) is 11.2. The predicted octanol–water partition coefficient (Wildman–Crippen LogP) is 9.75. The molecule has 5 rings (SSSR count). The van der Waals surface area contributed by atoms with E-state index in [1.165, 1.54) is 18.9 Å². The van der Waals surface area contributed by atoms with E-state index in [1.807, 2.05) is 39.5 Å². The summed E-state index contributed by atoms with van der Waals surface area (Å²) >= 11 is 0.975. The average Bonchev–Trinajstić information content (AvgIpc) is 3.79. The van der Waals surface area contributed by atoms with Crippen molar-refractivity contribution < 1.29 is 17.9 Å². The van der Waals surface area contributed by atoms with Crippen molar-refractivity contribution in [2.75, 3.05) is 30.4 Å². The molecule has 0 spiro atoms. The second-order valence-corrected chi connectivity index (χ2v) is 12.2. The molecule has 2 aromatic heterocycles. The maximum Gasteiger partial charge on any atom is 0.225 e. The summed E-state index contributed by atoms with van der Waals surface area (Å²) in [7, 11) is 0. The van der Waals surface area contributed by atoms with E-state index in [4.69, 9.17) is 10.5 Å². The molecule has 2 aliphatic rings. The van der Waals surface area contributed by atoms with Gasteiger partial charge < -0.3 is 15.4 Å². The lowest BCUT2D eigenvalue weighted by atomic mass is 9.85. The molecule has 2 aliphatic heterocycles. The van der Waals surface area contributed by atoms with E-state index in [-0.39, 0.29) is 57.1 Å². The quantitative estimate of drug-likeness (QED) is 0.276. The van der Waals surface area contributed by atoms with Crippen LogP contribution in [-0.2, 0) is 18.0 Å². The first-order valence-corrected chi connectivity index (χ1v) is 16.7. The van der Waals surface area contributed by atoms with Crippen LogP contribution in [0.15, 0.2) is 17.8 Å². The molecule has 0 aliphatic carbocycles. The zero-order valence-electron chi connectivity index (χ0n) is 27.8. The summed E-state index contributed by atoms with van der Waals surface area (Å²) < 4.78 is 51.2. The van der Waals surface area contributed by atoms with Gasteiger partial charge in [0.2, 0.25) is 5.95 Å². The maximum atomic E-state index is 16.8. The number of nitrogen functional groups attached to an aromatic ring is 1. The third kappa shape index (κ3) is 7.05. The van der Waals surface area contributed by atoms with E-state index in [9.17, 15) is 9.65 Å². The number of benzene rings is 1. The number of unbranched alkanes of at least 4 members (excludes halogenated alkanes) is 1. The summed E-state index contributed by atoms with van der Waals surface area (Å²) in [6.45, 7) is 16.7. The Morgan fingerprint density at radius 2 is 1.84 bits per heavy atom. The molecule has 3 aromatic rings. The molecule has 6 nitrogen and oxygen atoms in total.